The Hall–Kier alpha value is -4.12. The van der Waals surface area contributed by atoms with Gasteiger partial charge in [0.15, 0.2) is 11.6 Å². The zero-order chi connectivity index (χ0) is 27.6. The predicted octanol–water partition coefficient (Wildman–Crippen LogP) is 5.86. The summed E-state index contributed by atoms with van der Waals surface area (Å²) in [5.41, 5.74) is 5.50. The lowest BCUT2D eigenvalue weighted by Crippen LogP contribution is -2.29. The number of ether oxygens (including phenoxy) is 1. The molecule has 2 aromatic carbocycles. The van der Waals surface area contributed by atoms with Gasteiger partial charge in [-0.15, -0.1) is 5.10 Å². The van der Waals surface area contributed by atoms with E-state index in [2.05, 4.69) is 20.4 Å². The summed E-state index contributed by atoms with van der Waals surface area (Å²) in [6.07, 6.45) is -3.92. The number of anilines is 1. The summed E-state index contributed by atoms with van der Waals surface area (Å²) in [6, 6.07) is 12.3. The van der Waals surface area contributed by atoms with Gasteiger partial charge in [0, 0.05) is 16.1 Å². The largest absolute Gasteiger partial charge is 0.486 e. The van der Waals surface area contributed by atoms with Gasteiger partial charge in [0.1, 0.15) is 17.7 Å². The molecule has 0 aliphatic heterocycles. The van der Waals surface area contributed by atoms with Gasteiger partial charge < -0.3 is 15.8 Å². The molecule has 2 aromatic heterocycles. The Morgan fingerprint density at radius 1 is 1.13 bits per heavy atom. The van der Waals surface area contributed by atoms with E-state index in [1.807, 2.05) is 0 Å². The number of nitrogens with zero attached hydrogens (tertiary/aromatic N) is 4. The van der Waals surface area contributed by atoms with Crippen LogP contribution in [0.5, 0.6) is 5.75 Å². The van der Waals surface area contributed by atoms with Crippen molar-refractivity contribution in [3.8, 4) is 11.6 Å². The van der Waals surface area contributed by atoms with Crippen LogP contribution in [0.25, 0.3) is 5.82 Å². The predicted molar refractivity (Wildman–Crippen MR) is 136 cm³/mol. The summed E-state index contributed by atoms with van der Waals surface area (Å²) in [7, 11) is 0. The number of carbonyl (C=O) groups excluding carboxylic acids is 1. The molecule has 1 amide bonds. The second kappa shape index (κ2) is 10.7. The maximum atomic E-state index is 13.7. The van der Waals surface area contributed by atoms with Crippen molar-refractivity contribution in [3.05, 3.63) is 94.2 Å². The Morgan fingerprint density at radius 3 is 2.53 bits per heavy atom. The smallest absolute Gasteiger partial charge is 0.416 e. The molecule has 0 aliphatic carbocycles. The third-order valence-corrected chi connectivity index (χ3v) is 5.96. The molecule has 0 bridgehead atoms. The molecule has 1 unspecified atom stereocenters. The van der Waals surface area contributed by atoms with Gasteiger partial charge in [-0.25, -0.2) is 9.97 Å². The number of halogens is 4. The van der Waals surface area contributed by atoms with Gasteiger partial charge in [-0.05, 0) is 57.2 Å². The summed E-state index contributed by atoms with van der Waals surface area (Å²) in [6.45, 7) is 4.96. The molecule has 0 radical (unpaired) electrons. The zero-order valence-electron chi connectivity index (χ0n) is 20.6. The van der Waals surface area contributed by atoms with E-state index in [1.165, 1.54) is 16.9 Å². The average Bonchev–Trinajstić information content (AvgIpc) is 3.25. The van der Waals surface area contributed by atoms with Crippen molar-refractivity contribution in [1.29, 1.82) is 0 Å². The van der Waals surface area contributed by atoms with Gasteiger partial charge in [-0.1, -0.05) is 29.8 Å². The summed E-state index contributed by atoms with van der Waals surface area (Å²) in [5.74, 6) is 0.289. The number of benzene rings is 2. The number of hydrogen-bond acceptors (Lipinski definition) is 6. The van der Waals surface area contributed by atoms with E-state index in [0.29, 0.717) is 33.7 Å². The first-order chi connectivity index (χ1) is 17.9. The molecule has 8 nitrogen and oxygen atoms in total. The van der Waals surface area contributed by atoms with Crippen molar-refractivity contribution in [3.63, 3.8) is 0 Å². The molecule has 38 heavy (non-hydrogen) atoms. The molecule has 12 heteroatoms. The van der Waals surface area contributed by atoms with E-state index in [-0.39, 0.29) is 11.3 Å². The normalized spacial score (nSPS) is 13.1. The third-order valence-electron chi connectivity index (χ3n) is 5.61. The first kappa shape index (κ1) is 26.9. The number of aryl methyl sites for hydroxylation is 1. The van der Waals surface area contributed by atoms with Crippen LogP contribution in [0.3, 0.4) is 0 Å². The number of amides is 1. The highest BCUT2D eigenvalue weighted by atomic mass is 35.5. The number of aromatic nitrogens is 4. The van der Waals surface area contributed by atoms with Crippen LogP contribution in [0.1, 0.15) is 59.1 Å². The Morgan fingerprint density at radius 2 is 1.87 bits per heavy atom. The van der Waals surface area contributed by atoms with Gasteiger partial charge >= 0.3 is 6.18 Å². The van der Waals surface area contributed by atoms with Gasteiger partial charge in [-0.2, -0.15) is 17.9 Å². The van der Waals surface area contributed by atoms with Crippen LogP contribution in [-0.2, 0) is 6.18 Å². The number of hydrogen-bond donors (Lipinski definition) is 2. The molecular weight excluding hydrogens is 521 g/mol. The minimum atomic E-state index is -4.70. The fourth-order valence-corrected chi connectivity index (χ4v) is 4.07. The number of alkyl halides is 3. The van der Waals surface area contributed by atoms with Crippen molar-refractivity contribution in [2.24, 2.45) is 0 Å². The molecule has 2 heterocycles. The van der Waals surface area contributed by atoms with Crippen molar-refractivity contribution in [1.82, 2.24) is 25.1 Å². The minimum Gasteiger partial charge on any atom is -0.486 e. The molecule has 198 valence electrons. The first-order valence-corrected chi connectivity index (χ1v) is 11.9. The van der Waals surface area contributed by atoms with Crippen LogP contribution in [0.15, 0.2) is 60.8 Å². The van der Waals surface area contributed by atoms with Gasteiger partial charge in [0.2, 0.25) is 0 Å². The quantitative estimate of drug-likeness (QED) is 0.302. The van der Waals surface area contributed by atoms with Crippen LogP contribution < -0.4 is 15.8 Å². The average molecular weight is 545 g/mol. The highest BCUT2D eigenvalue weighted by Gasteiger charge is 2.33. The molecule has 0 fully saturated rings. The number of nitrogens with two attached hydrogens (primary N) is 1. The van der Waals surface area contributed by atoms with E-state index < -0.39 is 29.8 Å². The fourth-order valence-electron chi connectivity index (χ4n) is 3.78. The second-order valence-corrected chi connectivity index (χ2v) is 9.01. The maximum absolute atomic E-state index is 13.7. The summed E-state index contributed by atoms with van der Waals surface area (Å²) in [4.78, 5) is 21.7. The zero-order valence-corrected chi connectivity index (χ0v) is 21.4. The molecule has 3 N–H and O–H groups in total. The van der Waals surface area contributed by atoms with Crippen molar-refractivity contribution < 1.29 is 22.7 Å². The molecular formula is C26H24ClF3N6O2. The summed E-state index contributed by atoms with van der Waals surface area (Å²) >= 11 is 6.21. The van der Waals surface area contributed by atoms with Gasteiger partial charge in [0.05, 0.1) is 23.5 Å². The van der Waals surface area contributed by atoms with E-state index in [4.69, 9.17) is 22.1 Å². The number of nitrogen functional groups attached to an aromatic ring is 1. The lowest BCUT2D eigenvalue weighted by molar-refractivity contribution is -0.137. The molecule has 4 aromatic rings. The molecule has 0 spiro atoms. The topological polar surface area (TPSA) is 108 Å². The standard InChI is InChI=1S/C26H24ClF3N6O2/c1-14(24-34-16(3)35-36(24)23-9-8-19(31)13-32-23)33-25(37)17-10-18(26(28,29)30)12-20(11-17)38-15(2)21-6-4-5-7-22(21)27/h4-15H,31H2,1-3H3,(H,33,37)/t14-,15?/m0/s1. The Balaban J connectivity index is 1.61. The number of rotatable bonds is 7. The summed E-state index contributed by atoms with van der Waals surface area (Å²) in [5, 5.41) is 7.41. The van der Waals surface area contributed by atoms with Crippen LogP contribution in [0, 0.1) is 6.92 Å². The van der Waals surface area contributed by atoms with Crippen molar-refractivity contribution >= 4 is 23.2 Å². The van der Waals surface area contributed by atoms with E-state index in [1.54, 1.807) is 57.2 Å². The Kier molecular flexibility index (Phi) is 7.58. The monoisotopic (exact) mass is 544 g/mol. The minimum absolute atomic E-state index is 0.130. The van der Waals surface area contributed by atoms with Gasteiger partial charge in [0.25, 0.3) is 5.91 Å². The highest BCUT2D eigenvalue weighted by molar-refractivity contribution is 6.31. The molecule has 0 saturated heterocycles. The van der Waals surface area contributed by atoms with E-state index in [9.17, 15) is 18.0 Å². The lowest BCUT2D eigenvalue weighted by atomic mass is 10.1. The molecule has 4 rings (SSSR count). The highest BCUT2D eigenvalue weighted by Crippen LogP contribution is 2.35. The number of pyridine rings is 1. The van der Waals surface area contributed by atoms with Crippen LogP contribution >= 0.6 is 11.6 Å². The van der Waals surface area contributed by atoms with Crippen LogP contribution in [0.2, 0.25) is 5.02 Å². The van der Waals surface area contributed by atoms with Gasteiger partial charge in [-0.3, -0.25) is 4.79 Å². The van der Waals surface area contributed by atoms with Crippen LogP contribution in [0.4, 0.5) is 18.9 Å². The second-order valence-electron chi connectivity index (χ2n) is 8.60. The van der Waals surface area contributed by atoms with Crippen molar-refractivity contribution in [2.45, 2.75) is 39.1 Å². The van der Waals surface area contributed by atoms with Crippen LogP contribution in [-0.4, -0.2) is 25.7 Å². The summed E-state index contributed by atoms with van der Waals surface area (Å²) < 4.78 is 48.3. The van der Waals surface area contributed by atoms with Crippen molar-refractivity contribution in [2.75, 3.05) is 5.73 Å². The maximum Gasteiger partial charge on any atom is 0.416 e. The van der Waals surface area contributed by atoms with E-state index >= 15 is 0 Å². The number of nitrogens with one attached hydrogen (secondary N) is 1. The number of carbonyl (C=O) groups is 1. The molecule has 0 saturated carbocycles. The lowest BCUT2D eigenvalue weighted by Gasteiger charge is -2.19. The van der Waals surface area contributed by atoms with E-state index in [0.717, 1.165) is 12.1 Å². The molecule has 0 aliphatic rings. The third kappa shape index (κ3) is 6.05. The Labute approximate surface area is 221 Å². The SMILES string of the molecule is Cc1nc([C@H](C)NC(=O)c2cc(OC(C)c3ccccc3Cl)cc(C(F)(F)F)c2)n(-c2ccc(N)cn2)n1. The Bertz CT molecular complexity index is 1460. The fraction of sp³-hybridized carbons (Fsp3) is 0.231. The molecule has 2 atom stereocenters. The first-order valence-electron chi connectivity index (χ1n) is 11.5.